The van der Waals surface area contributed by atoms with Crippen LogP contribution in [0.4, 0.5) is 0 Å². The zero-order chi connectivity index (χ0) is 14.5. The van der Waals surface area contributed by atoms with Crippen LogP contribution in [0.3, 0.4) is 0 Å². The molecular formula is C13H28N2O3S. The van der Waals surface area contributed by atoms with Crippen LogP contribution in [0.1, 0.15) is 46.5 Å². The molecule has 5 nitrogen and oxygen atoms in total. The van der Waals surface area contributed by atoms with Crippen molar-refractivity contribution >= 4 is 10.2 Å². The van der Waals surface area contributed by atoms with Gasteiger partial charge in [0.1, 0.15) is 0 Å². The van der Waals surface area contributed by atoms with E-state index in [4.69, 9.17) is 0 Å². The maximum absolute atomic E-state index is 12.3. The number of rotatable bonds is 7. The monoisotopic (exact) mass is 292 g/mol. The van der Waals surface area contributed by atoms with Gasteiger partial charge in [0.25, 0.3) is 10.2 Å². The van der Waals surface area contributed by atoms with Crippen molar-refractivity contribution in [1.29, 1.82) is 0 Å². The highest BCUT2D eigenvalue weighted by Gasteiger charge is 2.30. The highest BCUT2D eigenvalue weighted by atomic mass is 32.2. The van der Waals surface area contributed by atoms with E-state index < -0.39 is 10.2 Å². The van der Waals surface area contributed by atoms with Gasteiger partial charge in [-0.2, -0.15) is 17.4 Å². The van der Waals surface area contributed by atoms with Crippen LogP contribution in [0.25, 0.3) is 0 Å². The van der Waals surface area contributed by atoms with Crippen molar-refractivity contribution < 1.29 is 13.5 Å². The third-order valence-corrected chi connectivity index (χ3v) is 5.85. The van der Waals surface area contributed by atoms with Gasteiger partial charge >= 0.3 is 0 Å². The molecule has 6 heteroatoms. The largest absolute Gasteiger partial charge is 0.396 e. The van der Waals surface area contributed by atoms with Crippen molar-refractivity contribution in [2.24, 2.45) is 11.8 Å². The summed E-state index contributed by atoms with van der Waals surface area (Å²) in [5.41, 5.74) is 0. The number of nitrogens with one attached hydrogen (secondary N) is 1. The molecule has 1 aliphatic heterocycles. The molecule has 1 saturated heterocycles. The third-order valence-electron chi connectivity index (χ3n) is 4.17. The molecule has 114 valence electrons. The first-order chi connectivity index (χ1) is 8.94. The molecule has 0 amide bonds. The maximum atomic E-state index is 12.3. The summed E-state index contributed by atoms with van der Waals surface area (Å²) < 4.78 is 28.9. The molecule has 0 aromatic rings. The number of aliphatic hydroxyl groups excluding tert-OH is 1. The summed E-state index contributed by atoms with van der Waals surface area (Å²) in [6.45, 7) is 7.16. The Balaban J connectivity index is 2.64. The number of nitrogens with zero attached hydrogens (tertiary/aromatic N) is 1. The molecule has 0 aliphatic carbocycles. The minimum absolute atomic E-state index is 0.0468. The lowest BCUT2D eigenvalue weighted by Gasteiger charge is -2.33. The molecular weight excluding hydrogens is 264 g/mol. The second-order valence-corrected chi connectivity index (χ2v) is 7.24. The highest BCUT2D eigenvalue weighted by Crippen LogP contribution is 2.20. The molecule has 2 N–H and O–H groups in total. The van der Waals surface area contributed by atoms with Crippen LogP contribution in [0.5, 0.6) is 0 Å². The standard InChI is InChI=1S/C13H28N2O3S/c1-4-13(5-2)11(3)14-19(17,18)15-8-6-7-12(9-15)10-16/h11-14,16H,4-10H2,1-3H3. The number of aliphatic hydroxyl groups is 1. The average molecular weight is 292 g/mol. The molecule has 0 aromatic carbocycles. The van der Waals surface area contributed by atoms with E-state index in [9.17, 15) is 13.5 Å². The summed E-state index contributed by atoms with van der Waals surface area (Å²) >= 11 is 0. The van der Waals surface area contributed by atoms with Gasteiger partial charge in [-0.05, 0) is 31.6 Å². The van der Waals surface area contributed by atoms with E-state index in [1.807, 2.05) is 6.92 Å². The first kappa shape index (κ1) is 16.9. The Morgan fingerprint density at radius 3 is 2.53 bits per heavy atom. The molecule has 1 aliphatic rings. The van der Waals surface area contributed by atoms with Gasteiger partial charge in [-0.3, -0.25) is 0 Å². The van der Waals surface area contributed by atoms with Crippen molar-refractivity contribution in [2.45, 2.75) is 52.5 Å². The molecule has 1 fully saturated rings. The Morgan fingerprint density at radius 1 is 1.37 bits per heavy atom. The molecule has 1 rings (SSSR count). The Bertz CT molecular complexity index is 355. The van der Waals surface area contributed by atoms with Crippen LogP contribution in [-0.2, 0) is 10.2 Å². The normalized spacial score (nSPS) is 23.7. The van der Waals surface area contributed by atoms with Crippen LogP contribution in [0.2, 0.25) is 0 Å². The van der Waals surface area contributed by atoms with E-state index in [0.29, 0.717) is 19.0 Å². The van der Waals surface area contributed by atoms with Gasteiger partial charge < -0.3 is 5.11 Å². The van der Waals surface area contributed by atoms with Crippen LogP contribution in [0.15, 0.2) is 0 Å². The number of hydrogen-bond donors (Lipinski definition) is 2. The van der Waals surface area contributed by atoms with E-state index in [1.54, 1.807) is 0 Å². The minimum atomic E-state index is -3.42. The lowest BCUT2D eigenvalue weighted by Crippen LogP contribution is -2.50. The predicted octanol–water partition coefficient (Wildman–Crippen LogP) is 1.35. The summed E-state index contributed by atoms with van der Waals surface area (Å²) in [6.07, 6.45) is 3.68. The second kappa shape index (κ2) is 7.57. The Kier molecular flexibility index (Phi) is 6.73. The van der Waals surface area contributed by atoms with Crippen LogP contribution in [0, 0.1) is 11.8 Å². The van der Waals surface area contributed by atoms with Crippen molar-refractivity contribution in [3.63, 3.8) is 0 Å². The third kappa shape index (κ3) is 4.70. The molecule has 2 atom stereocenters. The summed E-state index contributed by atoms with van der Waals surface area (Å²) in [6, 6.07) is -0.0468. The topological polar surface area (TPSA) is 69.6 Å². The molecule has 0 spiro atoms. The zero-order valence-electron chi connectivity index (χ0n) is 12.3. The average Bonchev–Trinajstić information content (AvgIpc) is 2.39. The fraction of sp³-hybridized carbons (Fsp3) is 1.00. The predicted molar refractivity (Wildman–Crippen MR) is 77.0 cm³/mol. The van der Waals surface area contributed by atoms with Crippen molar-refractivity contribution in [2.75, 3.05) is 19.7 Å². The van der Waals surface area contributed by atoms with Crippen molar-refractivity contribution in [3.8, 4) is 0 Å². The van der Waals surface area contributed by atoms with Gasteiger partial charge in [0.05, 0.1) is 0 Å². The van der Waals surface area contributed by atoms with Gasteiger partial charge in [-0.15, -0.1) is 0 Å². The van der Waals surface area contributed by atoms with E-state index in [0.717, 1.165) is 25.7 Å². The van der Waals surface area contributed by atoms with Gasteiger partial charge in [-0.25, -0.2) is 0 Å². The van der Waals surface area contributed by atoms with Crippen LogP contribution >= 0.6 is 0 Å². The van der Waals surface area contributed by atoms with Crippen LogP contribution in [-0.4, -0.2) is 43.6 Å². The van der Waals surface area contributed by atoms with Crippen molar-refractivity contribution in [1.82, 2.24) is 9.03 Å². The Morgan fingerprint density at radius 2 is 2.00 bits per heavy atom. The summed E-state index contributed by atoms with van der Waals surface area (Å²) in [7, 11) is -3.42. The fourth-order valence-electron chi connectivity index (χ4n) is 2.80. The first-order valence-electron chi connectivity index (χ1n) is 7.32. The Labute approximate surface area is 117 Å². The SMILES string of the molecule is CCC(CC)C(C)NS(=O)(=O)N1CCCC(CO)C1. The van der Waals surface area contributed by atoms with Gasteiger partial charge in [0.2, 0.25) is 0 Å². The van der Waals surface area contributed by atoms with E-state index in [2.05, 4.69) is 18.6 Å². The minimum Gasteiger partial charge on any atom is -0.396 e. The fourth-order valence-corrected chi connectivity index (χ4v) is 4.38. The molecule has 19 heavy (non-hydrogen) atoms. The van der Waals surface area contributed by atoms with Gasteiger partial charge in [0, 0.05) is 25.7 Å². The number of piperidine rings is 1. The second-order valence-electron chi connectivity index (χ2n) is 5.54. The zero-order valence-corrected chi connectivity index (χ0v) is 13.1. The highest BCUT2D eigenvalue weighted by molar-refractivity contribution is 7.87. The van der Waals surface area contributed by atoms with Crippen LogP contribution < -0.4 is 4.72 Å². The molecule has 1 heterocycles. The maximum Gasteiger partial charge on any atom is 0.279 e. The number of hydrogen-bond acceptors (Lipinski definition) is 3. The quantitative estimate of drug-likeness (QED) is 0.744. The molecule has 0 bridgehead atoms. The smallest absolute Gasteiger partial charge is 0.279 e. The first-order valence-corrected chi connectivity index (χ1v) is 8.76. The van der Waals surface area contributed by atoms with E-state index in [-0.39, 0.29) is 18.6 Å². The summed E-state index contributed by atoms with van der Waals surface area (Å²) in [4.78, 5) is 0. The van der Waals surface area contributed by atoms with Gasteiger partial charge in [-0.1, -0.05) is 26.7 Å². The van der Waals surface area contributed by atoms with Crippen molar-refractivity contribution in [3.05, 3.63) is 0 Å². The molecule has 0 radical (unpaired) electrons. The molecule has 0 aromatic heterocycles. The Hall–Kier alpha value is -0.170. The molecule has 0 saturated carbocycles. The lowest BCUT2D eigenvalue weighted by molar-refractivity contribution is 0.164. The summed E-state index contributed by atoms with van der Waals surface area (Å²) in [5.74, 6) is 0.446. The summed E-state index contributed by atoms with van der Waals surface area (Å²) in [5, 5.41) is 9.18. The lowest BCUT2D eigenvalue weighted by atomic mass is 9.96. The van der Waals surface area contributed by atoms with Gasteiger partial charge in [0.15, 0.2) is 0 Å². The van der Waals surface area contributed by atoms with E-state index in [1.165, 1.54) is 4.31 Å². The molecule has 2 unspecified atom stereocenters. The van der Waals surface area contributed by atoms with E-state index >= 15 is 0 Å².